The fraction of sp³-hybridized carbons (Fsp3) is 0.400. The van der Waals surface area contributed by atoms with Gasteiger partial charge < -0.3 is 25.2 Å². The second-order valence-electron chi connectivity index (χ2n) is 7.74. The van der Waals surface area contributed by atoms with Crippen molar-refractivity contribution in [1.82, 2.24) is 19.4 Å². The Morgan fingerprint density at radius 3 is 2.44 bits per heavy atom. The number of anilines is 1. The van der Waals surface area contributed by atoms with E-state index >= 15 is 0 Å². The first-order chi connectivity index (χ1) is 15.4. The highest BCUT2D eigenvalue weighted by atomic mass is 19.1. The first-order valence-electron chi connectivity index (χ1n) is 10.1. The Morgan fingerprint density at radius 1 is 1.12 bits per heavy atom. The topological polar surface area (TPSA) is 137 Å². The summed E-state index contributed by atoms with van der Waals surface area (Å²) in [6.45, 7) is -0.442. The maximum Gasteiger partial charge on any atom is 0.277 e. The van der Waals surface area contributed by atoms with Gasteiger partial charge in [0.25, 0.3) is 17.7 Å². The van der Waals surface area contributed by atoms with Gasteiger partial charge in [0.15, 0.2) is 18.1 Å². The van der Waals surface area contributed by atoms with Crippen LogP contribution in [0.15, 0.2) is 30.6 Å². The highest BCUT2D eigenvalue weighted by Crippen LogP contribution is 2.35. The zero-order valence-corrected chi connectivity index (χ0v) is 16.7. The summed E-state index contributed by atoms with van der Waals surface area (Å²) in [7, 11) is 0. The number of aliphatic hydroxyl groups is 2. The molecule has 32 heavy (non-hydrogen) atoms. The van der Waals surface area contributed by atoms with Gasteiger partial charge in [-0.25, -0.2) is 9.37 Å². The third-order valence-corrected chi connectivity index (χ3v) is 5.93. The van der Waals surface area contributed by atoms with E-state index in [0.29, 0.717) is 11.1 Å². The Balaban J connectivity index is 1.29. The molecular weight excluding hydrogens is 425 g/mol. The normalized spacial score (nSPS) is 27.0. The SMILES string of the molecule is O=C1c2ncn([C@@H]3O[C@H](CO)C(F)[C@H]3O)c2NCN1CCN1C(=O)c2ccccc2C1=O. The summed E-state index contributed by atoms with van der Waals surface area (Å²) in [5.41, 5.74) is 0.713. The van der Waals surface area contributed by atoms with E-state index in [2.05, 4.69) is 10.3 Å². The number of halogens is 1. The molecule has 0 spiro atoms. The van der Waals surface area contributed by atoms with Gasteiger partial charge in [0.05, 0.1) is 30.7 Å². The number of nitrogens with zero attached hydrogens (tertiary/aromatic N) is 4. The molecule has 4 atom stereocenters. The molecule has 1 saturated heterocycles. The predicted octanol–water partition coefficient (Wildman–Crippen LogP) is -0.407. The zero-order valence-electron chi connectivity index (χ0n) is 16.7. The highest BCUT2D eigenvalue weighted by Gasteiger charge is 2.46. The van der Waals surface area contributed by atoms with E-state index in [-0.39, 0.29) is 31.3 Å². The quantitative estimate of drug-likeness (QED) is 0.529. The van der Waals surface area contributed by atoms with Crippen LogP contribution in [0.2, 0.25) is 0 Å². The number of hydrogen-bond acceptors (Lipinski definition) is 8. The van der Waals surface area contributed by atoms with E-state index < -0.39 is 48.9 Å². The third-order valence-electron chi connectivity index (χ3n) is 5.93. The molecule has 5 rings (SSSR count). The van der Waals surface area contributed by atoms with Gasteiger partial charge in [-0.2, -0.15) is 0 Å². The predicted molar refractivity (Wildman–Crippen MR) is 105 cm³/mol. The molecule has 0 bridgehead atoms. The molecule has 3 amide bonds. The zero-order chi connectivity index (χ0) is 22.6. The lowest BCUT2D eigenvalue weighted by Gasteiger charge is -2.30. The van der Waals surface area contributed by atoms with E-state index in [1.165, 1.54) is 15.8 Å². The number of alkyl halides is 1. The molecule has 1 fully saturated rings. The number of aliphatic hydroxyl groups excluding tert-OH is 2. The first kappa shape index (κ1) is 20.5. The standard InChI is InChI=1S/C20H20FN5O6/c21-13-12(7-27)32-20(15(13)28)26-9-22-14-16(26)23-8-24(19(14)31)5-6-25-17(29)10-3-1-2-4-11(10)18(25)30/h1-4,9,12-13,15,20,23,27-28H,5-8H2/t12-,13?,15-,20-/m1/s1. The van der Waals surface area contributed by atoms with Crippen molar-refractivity contribution in [2.75, 3.05) is 31.7 Å². The minimum Gasteiger partial charge on any atom is -0.394 e. The van der Waals surface area contributed by atoms with Crippen LogP contribution in [-0.2, 0) is 4.74 Å². The number of amides is 3. The fourth-order valence-corrected chi connectivity index (χ4v) is 4.21. The minimum absolute atomic E-state index is 0.0158. The van der Waals surface area contributed by atoms with Crippen molar-refractivity contribution in [2.24, 2.45) is 0 Å². The molecule has 168 valence electrons. The van der Waals surface area contributed by atoms with E-state index in [9.17, 15) is 29.0 Å². The van der Waals surface area contributed by atoms with E-state index in [1.54, 1.807) is 24.3 Å². The summed E-state index contributed by atoms with van der Waals surface area (Å²) in [6.07, 6.45) is -4.39. The van der Waals surface area contributed by atoms with Crippen molar-refractivity contribution in [1.29, 1.82) is 0 Å². The summed E-state index contributed by atoms with van der Waals surface area (Å²) >= 11 is 0. The molecule has 3 N–H and O–H groups in total. The molecule has 3 aliphatic heterocycles. The smallest absolute Gasteiger partial charge is 0.277 e. The number of hydrogen-bond donors (Lipinski definition) is 3. The Bertz CT molecular complexity index is 1070. The van der Waals surface area contributed by atoms with Crippen molar-refractivity contribution in [3.8, 4) is 0 Å². The highest BCUT2D eigenvalue weighted by molar-refractivity contribution is 6.21. The number of nitrogens with one attached hydrogen (secondary N) is 1. The van der Waals surface area contributed by atoms with Crippen LogP contribution < -0.4 is 5.32 Å². The minimum atomic E-state index is -1.78. The maximum absolute atomic E-state index is 14.1. The lowest BCUT2D eigenvalue weighted by Crippen LogP contribution is -2.45. The van der Waals surface area contributed by atoms with E-state index in [1.807, 2.05) is 0 Å². The molecule has 2 aromatic rings. The number of carbonyl (C=O) groups excluding carboxylic acids is 3. The van der Waals surface area contributed by atoms with Crippen LogP contribution in [-0.4, -0.2) is 92.0 Å². The molecular formula is C20H20FN5O6. The summed E-state index contributed by atoms with van der Waals surface area (Å²) in [6, 6.07) is 6.54. The Kier molecular flexibility index (Phi) is 4.92. The van der Waals surface area contributed by atoms with Gasteiger partial charge in [-0.3, -0.25) is 23.9 Å². The number of aromatic nitrogens is 2. The van der Waals surface area contributed by atoms with Crippen molar-refractivity contribution < 1.29 is 33.7 Å². The second-order valence-corrected chi connectivity index (χ2v) is 7.74. The van der Waals surface area contributed by atoms with Crippen LogP contribution in [0.3, 0.4) is 0 Å². The number of fused-ring (bicyclic) bond motifs is 2. The summed E-state index contributed by atoms with van der Waals surface area (Å²) < 4.78 is 20.8. The van der Waals surface area contributed by atoms with Gasteiger partial charge in [-0.05, 0) is 12.1 Å². The van der Waals surface area contributed by atoms with Crippen LogP contribution >= 0.6 is 0 Å². The molecule has 0 saturated carbocycles. The van der Waals surface area contributed by atoms with Crippen molar-refractivity contribution in [3.63, 3.8) is 0 Å². The number of benzene rings is 1. The third kappa shape index (κ3) is 2.98. The number of imide groups is 1. The molecule has 1 aromatic heterocycles. The molecule has 1 aromatic carbocycles. The Hall–Kier alpha value is -3.35. The van der Waals surface area contributed by atoms with Crippen molar-refractivity contribution in [2.45, 2.75) is 24.6 Å². The van der Waals surface area contributed by atoms with Crippen LogP contribution in [0, 0.1) is 0 Å². The number of carbonyl (C=O) groups is 3. The monoisotopic (exact) mass is 445 g/mol. The van der Waals surface area contributed by atoms with Crippen LogP contribution in [0.5, 0.6) is 0 Å². The van der Waals surface area contributed by atoms with Crippen LogP contribution in [0.25, 0.3) is 0 Å². The molecule has 3 aliphatic rings. The maximum atomic E-state index is 14.1. The second kappa shape index (κ2) is 7.65. The number of imidazole rings is 1. The molecule has 4 heterocycles. The van der Waals surface area contributed by atoms with Gasteiger partial charge in [-0.1, -0.05) is 12.1 Å². The Morgan fingerprint density at radius 2 is 1.81 bits per heavy atom. The average molecular weight is 445 g/mol. The molecule has 12 heteroatoms. The van der Waals surface area contributed by atoms with Crippen molar-refractivity contribution >= 4 is 23.5 Å². The first-order valence-corrected chi connectivity index (χ1v) is 10.1. The van der Waals surface area contributed by atoms with Gasteiger partial charge in [0.2, 0.25) is 0 Å². The van der Waals surface area contributed by atoms with Crippen molar-refractivity contribution in [3.05, 3.63) is 47.4 Å². The molecule has 0 aliphatic carbocycles. The summed E-state index contributed by atoms with van der Waals surface area (Å²) in [4.78, 5) is 44.5. The lowest BCUT2D eigenvalue weighted by atomic mass is 10.1. The molecule has 11 nitrogen and oxygen atoms in total. The summed E-state index contributed by atoms with van der Waals surface area (Å²) in [5, 5.41) is 22.3. The largest absolute Gasteiger partial charge is 0.394 e. The van der Waals surface area contributed by atoms with Gasteiger partial charge in [-0.15, -0.1) is 0 Å². The van der Waals surface area contributed by atoms with E-state index in [0.717, 1.165) is 4.90 Å². The van der Waals surface area contributed by atoms with E-state index in [4.69, 9.17) is 4.74 Å². The fourth-order valence-electron chi connectivity index (χ4n) is 4.21. The molecule has 1 unspecified atom stereocenters. The van der Waals surface area contributed by atoms with Gasteiger partial charge >= 0.3 is 0 Å². The number of rotatable bonds is 5. The average Bonchev–Trinajstić information content (AvgIpc) is 3.43. The number of ether oxygens (including phenoxy) is 1. The van der Waals surface area contributed by atoms with Gasteiger partial charge in [0, 0.05) is 13.1 Å². The molecule has 0 radical (unpaired) electrons. The summed E-state index contributed by atoms with van der Waals surface area (Å²) in [5.74, 6) is -1.00. The Labute approximate surface area is 181 Å². The van der Waals surface area contributed by atoms with Gasteiger partial charge in [0.1, 0.15) is 18.0 Å². The van der Waals surface area contributed by atoms with Crippen LogP contribution in [0.4, 0.5) is 10.2 Å². The van der Waals surface area contributed by atoms with Crippen LogP contribution in [0.1, 0.15) is 37.4 Å². The lowest BCUT2D eigenvalue weighted by molar-refractivity contribution is -0.0504.